The van der Waals surface area contributed by atoms with Crippen LogP contribution in [-0.2, 0) is 0 Å². The molecule has 1 aliphatic heterocycles. The van der Waals surface area contributed by atoms with Gasteiger partial charge in [0.25, 0.3) is 0 Å². The van der Waals surface area contributed by atoms with Gasteiger partial charge < -0.3 is 4.90 Å². The van der Waals surface area contributed by atoms with Crippen LogP contribution in [0.5, 0.6) is 0 Å². The van der Waals surface area contributed by atoms with Gasteiger partial charge in [0.1, 0.15) is 0 Å². The smallest absolute Gasteiger partial charge is 0.0100 e. The molecule has 0 amide bonds. The third-order valence-corrected chi connectivity index (χ3v) is 5.39. The molecule has 1 heteroatoms. The Morgan fingerprint density at radius 1 is 0.933 bits per heavy atom. The zero-order valence-electron chi connectivity index (χ0n) is 10.2. The van der Waals surface area contributed by atoms with Crippen LogP contribution >= 0.6 is 0 Å². The molecule has 2 saturated carbocycles. The number of hydrogen-bond donors (Lipinski definition) is 0. The summed E-state index contributed by atoms with van der Waals surface area (Å²) >= 11 is 0. The average Bonchev–Trinajstić information content (AvgIpc) is 2.64. The Bertz CT molecular complexity index is 213. The lowest BCUT2D eigenvalue weighted by molar-refractivity contribution is 0.0253. The van der Waals surface area contributed by atoms with Crippen LogP contribution in [0.15, 0.2) is 0 Å². The topological polar surface area (TPSA) is 3.24 Å². The second-order valence-corrected chi connectivity index (χ2v) is 6.47. The summed E-state index contributed by atoms with van der Waals surface area (Å²) in [6.45, 7) is 5.23. The molecule has 2 aliphatic carbocycles. The monoisotopic (exact) mass is 207 g/mol. The fourth-order valence-corrected chi connectivity index (χ4v) is 4.15. The van der Waals surface area contributed by atoms with E-state index in [1.165, 1.54) is 51.6 Å². The fraction of sp³-hybridized carbons (Fsp3) is 1.00. The second-order valence-electron chi connectivity index (χ2n) is 6.47. The Balaban J connectivity index is 1.52. The zero-order chi connectivity index (χ0) is 10.3. The Kier molecular flexibility index (Phi) is 2.54. The van der Waals surface area contributed by atoms with Gasteiger partial charge in [0.05, 0.1) is 0 Å². The summed E-state index contributed by atoms with van der Waals surface area (Å²) in [5.74, 6) is 1.01. The highest BCUT2D eigenvalue weighted by molar-refractivity contribution is 4.93. The minimum absolute atomic E-state index is 0.811. The number of rotatable bonds is 1. The lowest BCUT2D eigenvalue weighted by Gasteiger charge is -2.47. The molecule has 3 rings (SSSR count). The molecule has 0 unspecified atom stereocenters. The molecule has 86 valence electrons. The molecule has 0 aromatic rings. The predicted octanol–water partition coefficient (Wildman–Crippen LogP) is 3.44. The van der Waals surface area contributed by atoms with E-state index in [2.05, 4.69) is 11.8 Å². The van der Waals surface area contributed by atoms with Crippen molar-refractivity contribution in [2.24, 2.45) is 11.3 Å². The normalized spacial score (nSPS) is 40.6. The van der Waals surface area contributed by atoms with Gasteiger partial charge in [-0.1, -0.05) is 19.8 Å². The molecule has 0 N–H and O–H groups in total. The van der Waals surface area contributed by atoms with Crippen LogP contribution in [0.2, 0.25) is 0 Å². The first-order valence-corrected chi connectivity index (χ1v) is 7.02. The Labute approximate surface area is 94.2 Å². The fourth-order valence-electron chi connectivity index (χ4n) is 4.15. The van der Waals surface area contributed by atoms with E-state index < -0.39 is 0 Å². The molecular formula is C14H25N. The molecule has 3 aliphatic rings. The van der Waals surface area contributed by atoms with Gasteiger partial charge in [0, 0.05) is 6.04 Å². The van der Waals surface area contributed by atoms with Crippen LogP contribution in [0.3, 0.4) is 0 Å². The SMILES string of the molecule is CC1CC(N2CCC3(CCCC3)CC2)C1. The van der Waals surface area contributed by atoms with Gasteiger partial charge in [-0.3, -0.25) is 0 Å². The van der Waals surface area contributed by atoms with E-state index in [1.807, 2.05) is 0 Å². The van der Waals surface area contributed by atoms with Crippen LogP contribution < -0.4 is 0 Å². The van der Waals surface area contributed by atoms with Crippen LogP contribution in [0, 0.1) is 11.3 Å². The summed E-state index contributed by atoms with van der Waals surface area (Å²) in [6.07, 6.45) is 12.1. The van der Waals surface area contributed by atoms with E-state index >= 15 is 0 Å². The van der Waals surface area contributed by atoms with Crippen LogP contribution in [0.25, 0.3) is 0 Å². The molecule has 1 saturated heterocycles. The van der Waals surface area contributed by atoms with Gasteiger partial charge in [0.15, 0.2) is 0 Å². The van der Waals surface area contributed by atoms with Gasteiger partial charge in [-0.15, -0.1) is 0 Å². The van der Waals surface area contributed by atoms with Crippen LogP contribution in [0.1, 0.15) is 58.3 Å². The lowest BCUT2D eigenvalue weighted by Crippen LogP contribution is -2.49. The van der Waals surface area contributed by atoms with Crippen molar-refractivity contribution in [3.63, 3.8) is 0 Å². The van der Waals surface area contributed by atoms with Gasteiger partial charge >= 0.3 is 0 Å². The standard InChI is InChI=1S/C14H25N/c1-12-10-13(11-12)15-8-6-14(7-9-15)4-2-3-5-14/h12-13H,2-11H2,1H3. The molecule has 0 bridgehead atoms. The third kappa shape index (κ3) is 1.84. The van der Waals surface area contributed by atoms with E-state index in [-0.39, 0.29) is 0 Å². The summed E-state index contributed by atoms with van der Waals surface area (Å²) in [6, 6.07) is 0.971. The van der Waals surface area contributed by atoms with Crippen molar-refractivity contribution in [3.05, 3.63) is 0 Å². The summed E-state index contributed by atoms with van der Waals surface area (Å²) in [5.41, 5.74) is 0.811. The maximum atomic E-state index is 2.80. The van der Waals surface area contributed by atoms with E-state index in [4.69, 9.17) is 0 Å². The van der Waals surface area contributed by atoms with E-state index in [0.717, 1.165) is 17.4 Å². The molecule has 1 spiro atoms. The average molecular weight is 207 g/mol. The highest BCUT2D eigenvalue weighted by atomic mass is 15.2. The van der Waals surface area contributed by atoms with Crippen molar-refractivity contribution < 1.29 is 0 Å². The molecular weight excluding hydrogens is 182 g/mol. The molecule has 0 aromatic heterocycles. The van der Waals surface area contributed by atoms with Crippen molar-refractivity contribution in [1.29, 1.82) is 0 Å². The number of nitrogens with zero attached hydrogens (tertiary/aromatic N) is 1. The first kappa shape index (κ1) is 10.1. The molecule has 0 atom stereocenters. The van der Waals surface area contributed by atoms with Gasteiger partial charge in [-0.05, 0) is 62.9 Å². The third-order valence-electron chi connectivity index (χ3n) is 5.39. The van der Waals surface area contributed by atoms with Crippen molar-refractivity contribution in [1.82, 2.24) is 4.90 Å². The molecule has 0 radical (unpaired) electrons. The van der Waals surface area contributed by atoms with Crippen LogP contribution in [0.4, 0.5) is 0 Å². The van der Waals surface area contributed by atoms with Crippen molar-refractivity contribution >= 4 is 0 Å². The molecule has 15 heavy (non-hydrogen) atoms. The largest absolute Gasteiger partial charge is 0.300 e. The molecule has 1 heterocycles. The van der Waals surface area contributed by atoms with E-state index in [1.54, 1.807) is 12.8 Å². The minimum Gasteiger partial charge on any atom is -0.300 e. The van der Waals surface area contributed by atoms with Gasteiger partial charge in [-0.25, -0.2) is 0 Å². The first-order chi connectivity index (χ1) is 7.27. The summed E-state index contributed by atoms with van der Waals surface area (Å²) in [7, 11) is 0. The highest BCUT2D eigenvalue weighted by Gasteiger charge is 2.40. The second kappa shape index (κ2) is 3.76. The maximum Gasteiger partial charge on any atom is 0.0100 e. The lowest BCUT2D eigenvalue weighted by atomic mass is 9.74. The van der Waals surface area contributed by atoms with Crippen molar-refractivity contribution in [2.45, 2.75) is 64.3 Å². The zero-order valence-corrected chi connectivity index (χ0v) is 10.2. The van der Waals surface area contributed by atoms with Crippen molar-refractivity contribution in [3.8, 4) is 0 Å². The Hall–Kier alpha value is -0.0400. The highest BCUT2D eigenvalue weighted by Crippen LogP contribution is 2.47. The van der Waals surface area contributed by atoms with Gasteiger partial charge in [-0.2, -0.15) is 0 Å². The van der Waals surface area contributed by atoms with Crippen molar-refractivity contribution in [2.75, 3.05) is 13.1 Å². The van der Waals surface area contributed by atoms with E-state index in [0.29, 0.717) is 0 Å². The summed E-state index contributed by atoms with van der Waals surface area (Å²) in [5, 5.41) is 0. The number of piperidine rings is 1. The summed E-state index contributed by atoms with van der Waals surface area (Å²) in [4.78, 5) is 2.80. The maximum absolute atomic E-state index is 2.80. The Morgan fingerprint density at radius 2 is 1.53 bits per heavy atom. The quantitative estimate of drug-likeness (QED) is 0.636. The van der Waals surface area contributed by atoms with Crippen LogP contribution in [-0.4, -0.2) is 24.0 Å². The molecule has 0 aromatic carbocycles. The van der Waals surface area contributed by atoms with E-state index in [9.17, 15) is 0 Å². The molecule has 3 fully saturated rings. The van der Waals surface area contributed by atoms with Gasteiger partial charge in [0.2, 0.25) is 0 Å². The number of hydrogen-bond acceptors (Lipinski definition) is 1. The number of likely N-dealkylation sites (tertiary alicyclic amines) is 1. The first-order valence-electron chi connectivity index (χ1n) is 7.02. The Morgan fingerprint density at radius 3 is 2.07 bits per heavy atom. The minimum atomic E-state index is 0.811. The summed E-state index contributed by atoms with van der Waals surface area (Å²) < 4.78 is 0. The molecule has 1 nitrogen and oxygen atoms in total. The predicted molar refractivity (Wildman–Crippen MR) is 63.9 cm³/mol.